The van der Waals surface area contributed by atoms with Crippen molar-refractivity contribution in [3.8, 4) is 0 Å². The van der Waals surface area contributed by atoms with Gasteiger partial charge in [-0.05, 0) is 38.4 Å². The molecule has 0 radical (unpaired) electrons. The Morgan fingerprint density at radius 3 is 3.06 bits per heavy atom. The third-order valence-corrected chi connectivity index (χ3v) is 5.18. The van der Waals surface area contributed by atoms with Crippen LogP contribution < -0.4 is 10.6 Å². The summed E-state index contributed by atoms with van der Waals surface area (Å²) in [6.45, 7) is 7.34. The molecule has 1 heterocycles. The van der Waals surface area contributed by atoms with Crippen LogP contribution in [-0.4, -0.2) is 48.9 Å². The van der Waals surface area contributed by atoms with Crippen molar-refractivity contribution in [2.75, 3.05) is 25.5 Å². The van der Waals surface area contributed by atoms with Crippen LogP contribution in [0.4, 0.5) is 0 Å². The zero-order chi connectivity index (χ0) is 12.8. The van der Waals surface area contributed by atoms with Crippen LogP contribution in [-0.2, 0) is 4.74 Å². The van der Waals surface area contributed by atoms with E-state index in [2.05, 4.69) is 36.2 Å². The van der Waals surface area contributed by atoms with Crippen LogP contribution in [0, 0.1) is 0 Å². The standard InChI is InChI=1S/C14H28N2OS/c1-3-18-14-5-4-12(9-14)16-11(2)8-13-10-17-7-6-15-13/h11-16H,3-10H2,1-2H3. The molecule has 4 unspecified atom stereocenters. The number of rotatable bonds is 6. The summed E-state index contributed by atoms with van der Waals surface area (Å²) >= 11 is 2.13. The molecular formula is C14H28N2OS. The van der Waals surface area contributed by atoms with E-state index in [-0.39, 0.29) is 0 Å². The molecule has 2 aliphatic rings. The van der Waals surface area contributed by atoms with Gasteiger partial charge in [-0.2, -0.15) is 11.8 Å². The van der Waals surface area contributed by atoms with Crippen LogP contribution in [0.5, 0.6) is 0 Å². The zero-order valence-electron chi connectivity index (χ0n) is 11.8. The molecule has 1 aliphatic carbocycles. The van der Waals surface area contributed by atoms with Crippen molar-refractivity contribution in [1.29, 1.82) is 0 Å². The summed E-state index contributed by atoms with van der Waals surface area (Å²) in [5.74, 6) is 1.26. The van der Waals surface area contributed by atoms with Gasteiger partial charge in [-0.25, -0.2) is 0 Å². The Balaban J connectivity index is 1.63. The molecule has 0 aromatic rings. The molecule has 4 heteroatoms. The largest absolute Gasteiger partial charge is 0.379 e. The zero-order valence-corrected chi connectivity index (χ0v) is 12.6. The Morgan fingerprint density at radius 1 is 1.44 bits per heavy atom. The first-order chi connectivity index (χ1) is 8.78. The highest BCUT2D eigenvalue weighted by Crippen LogP contribution is 2.30. The molecule has 2 fully saturated rings. The first-order valence-corrected chi connectivity index (χ1v) is 8.51. The maximum atomic E-state index is 5.51. The van der Waals surface area contributed by atoms with Gasteiger partial charge in [0, 0.05) is 29.9 Å². The summed E-state index contributed by atoms with van der Waals surface area (Å²) in [5.41, 5.74) is 0. The van der Waals surface area contributed by atoms with E-state index in [9.17, 15) is 0 Å². The van der Waals surface area contributed by atoms with Crippen LogP contribution in [0.3, 0.4) is 0 Å². The molecule has 18 heavy (non-hydrogen) atoms. The van der Waals surface area contributed by atoms with Crippen LogP contribution >= 0.6 is 11.8 Å². The third-order valence-electron chi connectivity index (χ3n) is 3.94. The van der Waals surface area contributed by atoms with E-state index in [1.807, 2.05) is 0 Å². The third kappa shape index (κ3) is 4.72. The average molecular weight is 272 g/mol. The molecule has 1 aliphatic heterocycles. The van der Waals surface area contributed by atoms with Gasteiger partial charge in [0.15, 0.2) is 0 Å². The van der Waals surface area contributed by atoms with E-state index in [1.165, 1.54) is 31.4 Å². The van der Waals surface area contributed by atoms with Crippen LogP contribution in [0.1, 0.15) is 39.5 Å². The van der Waals surface area contributed by atoms with Crippen LogP contribution in [0.25, 0.3) is 0 Å². The van der Waals surface area contributed by atoms with Crippen molar-refractivity contribution >= 4 is 11.8 Å². The molecule has 0 amide bonds. The van der Waals surface area contributed by atoms with E-state index in [4.69, 9.17) is 4.74 Å². The second-order valence-electron chi connectivity index (χ2n) is 5.62. The molecule has 4 atom stereocenters. The number of hydrogen-bond acceptors (Lipinski definition) is 4. The number of ether oxygens (including phenoxy) is 1. The van der Waals surface area contributed by atoms with Gasteiger partial charge in [0.05, 0.1) is 13.2 Å². The fourth-order valence-electron chi connectivity index (χ4n) is 3.15. The van der Waals surface area contributed by atoms with Gasteiger partial charge in [-0.1, -0.05) is 6.92 Å². The Hall–Kier alpha value is 0.230. The molecule has 0 aromatic carbocycles. The Morgan fingerprint density at radius 2 is 2.33 bits per heavy atom. The number of nitrogens with one attached hydrogen (secondary N) is 2. The lowest BCUT2D eigenvalue weighted by Crippen LogP contribution is -2.46. The first kappa shape index (κ1) is 14.6. The van der Waals surface area contributed by atoms with Crippen molar-refractivity contribution in [3.05, 3.63) is 0 Å². The van der Waals surface area contributed by atoms with Gasteiger partial charge in [0.2, 0.25) is 0 Å². The maximum absolute atomic E-state index is 5.51. The number of morpholine rings is 1. The summed E-state index contributed by atoms with van der Waals surface area (Å²) in [6.07, 6.45) is 5.30. The topological polar surface area (TPSA) is 33.3 Å². The van der Waals surface area contributed by atoms with E-state index in [1.54, 1.807) is 0 Å². The quantitative estimate of drug-likeness (QED) is 0.775. The fourth-order valence-corrected chi connectivity index (χ4v) is 4.29. The molecule has 106 valence electrons. The van der Waals surface area contributed by atoms with Gasteiger partial charge in [0.25, 0.3) is 0 Å². The first-order valence-electron chi connectivity index (χ1n) is 7.46. The predicted molar refractivity (Wildman–Crippen MR) is 79.4 cm³/mol. The lowest BCUT2D eigenvalue weighted by molar-refractivity contribution is 0.0708. The monoisotopic (exact) mass is 272 g/mol. The van der Waals surface area contributed by atoms with E-state index < -0.39 is 0 Å². The van der Waals surface area contributed by atoms with Crippen molar-refractivity contribution in [3.63, 3.8) is 0 Å². The normalized spacial score (nSPS) is 34.7. The molecular weight excluding hydrogens is 244 g/mol. The molecule has 2 N–H and O–H groups in total. The van der Waals surface area contributed by atoms with Gasteiger partial charge < -0.3 is 15.4 Å². The molecule has 0 bridgehead atoms. The minimum Gasteiger partial charge on any atom is -0.379 e. The molecule has 0 spiro atoms. The smallest absolute Gasteiger partial charge is 0.0620 e. The van der Waals surface area contributed by atoms with Crippen molar-refractivity contribution in [2.45, 2.75) is 62.9 Å². The van der Waals surface area contributed by atoms with Gasteiger partial charge >= 0.3 is 0 Å². The fraction of sp³-hybridized carbons (Fsp3) is 1.00. The van der Waals surface area contributed by atoms with Crippen molar-refractivity contribution < 1.29 is 4.74 Å². The second-order valence-corrected chi connectivity index (χ2v) is 7.19. The molecule has 3 nitrogen and oxygen atoms in total. The summed E-state index contributed by atoms with van der Waals surface area (Å²) in [6, 6.07) is 1.89. The average Bonchev–Trinajstić information content (AvgIpc) is 2.78. The summed E-state index contributed by atoms with van der Waals surface area (Å²) in [4.78, 5) is 0. The summed E-state index contributed by atoms with van der Waals surface area (Å²) < 4.78 is 5.51. The Bertz CT molecular complexity index is 234. The van der Waals surface area contributed by atoms with Gasteiger partial charge in [0.1, 0.15) is 0 Å². The second kappa shape index (κ2) is 7.73. The van der Waals surface area contributed by atoms with Crippen molar-refractivity contribution in [1.82, 2.24) is 10.6 Å². The Labute approximate surface area is 116 Å². The van der Waals surface area contributed by atoms with Gasteiger partial charge in [-0.15, -0.1) is 0 Å². The lowest BCUT2D eigenvalue weighted by atomic mass is 10.1. The molecule has 2 rings (SSSR count). The minimum atomic E-state index is 0.545. The SMILES string of the molecule is CCSC1CCC(NC(C)CC2COCCN2)C1. The summed E-state index contributed by atoms with van der Waals surface area (Å²) in [7, 11) is 0. The maximum Gasteiger partial charge on any atom is 0.0620 e. The highest BCUT2D eigenvalue weighted by Gasteiger charge is 2.26. The number of thioether (sulfide) groups is 1. The van der Waals surface area contributed by atoms with E-state index >= 15 is 0 Å². The van der Waals surface area contributed by atoms with Crippen molar-refractivity contribution in [2.24, 2.45) is 0 Å². The highest BCUT2D eigenvalue weighted by molar-refractivity contribution is 7.99. The van der Waals surface area contributed by atoms with Crippen LogP contribution in [0.2, 0.25) is 0 Å². The predicted octanol–water partition coefficient (Wildman–Crippen LogP) is 2.02. The van der Waals surface area contributed by atoms with Gasteiger partial charge in [-0.3, -0.25) is 0 Å². The number of hydrogen-bond donors (Lipinski definition) is 2. The summed E-state index contributed by atoms with van der Waals surface area (Å²) in [5, 5.41) is 8.24. The minimum absolute atomic E-state index is 0.545. The molecule has 1 saturated carbocycles. The van der Waals surface area contributed by atoms with E-state index in [0.717, 1.165) is 31.1 Å². The molecule has 0 aromatic heterocycles. The van der Waals surface area contributed by atoms with Crippen LogP contribution in [0.15, 0.2) is 0 Å². The van der Waals surface area contributed by atoms with E-state index in [0.29, 0.717) is 12.1 Å². The lowest BCUT2D eigenvalue weighted by Gasteiger charge is -2.28. The Kier molecular flexibility index (Phi) is 6.29. The molecule has 1 saturated heterocycles. The highest BCUT2D eigenvalue weighted by atomic mass is 32.2.